The molecule has 1 aliphatic rings. The zero-order chi connectivity index (χ0) is 7.78. The number of rotatable bonds is 1. The molecule has 0 aromatic rings. The van der Waals surface area contributed by atoms with Crippen LogP contribution in [-0.2, 0) is 0 Å². The molecule has 1 saturated heterocycles. The van der Waals surface area contributed by atoms with E-state index in [0.717, 1.165) is 6.04 Å². The van der Waals surface area contributed by atoms with E-state index in [1.807, 2.05) is 0 Å². The number of nitrogens with zero attached hydrogens (tertiary/aromatic N) is 1. The first-order valence-electron chi connectivity index (χ1n) is 4.31. The van der Waals surface area contributed by atoms with E-state index in [9.17, 15) is 0 Å². The van der Waals surface area contributed by atoms with E-state index in [1.54, 1.807) is 0 Å². The lowest BCUT2D eigenvalue weighted by molar-refractivity contribution is 0.166. The van der Waals surface area contributed by atoms with Gasteiger partial charge in [0.15, 0.2) is 0 Å². The third-order valence-electron chi connectivity index (χ3n) is 3.06. The lowest BCUT2D eigenvalue weighted by Gasteiger charge is -2.31. The summed E-state index contributed by atoms with van der Waals surface area (Å²) in [4.78, 5) is 2.52. The predicted octanol–water partition coefficient (Wildman–Crippen LogP) is 2.27. The van der Waals surface area contributed by atoms with Crippen LogP contribution in [0.2, 0.25) is 0 Å². The van der Waals surface area contributed by atoms with Crippen LogP contribution in [0.3, 0.4) is 0 Å². The Morgan fingerprint density at radius 1 is 1.50 bits per heavy atom. The number of hydrogen-bond donors (Lipinski definition) is 0. The van der Waals surface area contributed by atoms with Crippen molar-refractivity contribution in [2.24, 2.45) is 0 Å². The summed E-state index contributed by atoms with van der Waals surface area (Å²) in [5, 5.41) is 0. The fraction of sp³-hybridized carbons (Fsp3) is 1.00. The number of hydrogen-bond acceptors (Lipinski definition) is 1. The molecule has 60 valence electrons. The Balaban J connectivity index is 2.58. The molecule has 0 unspecified atom stereocenters. The standard InChI is InChI=1S/C9H19N/c1-5-8-6-7-9(2,3)10(8)4/h8H,5-7H2,1-4H3/t8-/m1/s1. The van der Waals surface area contributed by atoms with E-state index in [2.05, 4.69) is 32.7 Å². The van der Waals surface area contributed by atoms with Crippen molar-refractivity contribution in [3.8, 4) is 0 Å². The van der Waals surface area contributed by atoms with Crippen molar-refractivity contribution in [3.63, 3.8) is 0 Å². The zero-order valence-electron chi connectivity index (χ0n) is 7.65. The highest BCUT2D eigenvalue weighted by Crippen LogP contribution is 2.32. The molecule has 0 aromatic carbocycles. The Hall–Kier alpha value is -0.0400. The van der Waals surface area contributed by atoms with Gasteiger partial charge in [-0.25, -0.2) is 0 Å². The van der Waals surface area contributed by atoms with Crippen molar-refractivity contribution in [2.45, 2.75) is 51.6 Å². The summed E-state index contributed by atoms with van der Waals surface area (Å²) in [6.07, 6.45) is 4.06. The van der Waals surface area contributed by atoms with Gasteiger partial charge in [-0.1, -0.05) is 6.92 Å². The largest absolute Gasteiger partial charge is 0.298 e. The van der Waals surface area contributed by atoms with E-state index in [0.29, 0.717) is 5.54 Å². The summed E-state index contributed by atoms with van der Waals surface area (Å²) in [5.74, 6) is 0. The monoisotopic (exact) mass is 141 g/mol. The van der Waals surface area contributed by atoms with E-state index < -0.39 is 0 Å². The Kier molecular flexibility index (Phi) is 2.04. The molecule has 0 N–H and O–H groups in total. The first-order chi connectivity index (χ1) is 4.58. The van der Waals surface area contributed by atoms with Crippen LogP contribution in [0.15, 0.2) is 0 Å². The first-order valence-corrected chi connectivity index (χ1v) is 4.31. The normalized spacial score (nSPS) is 33.0. The lowest BCUT2D eigenvalue weighted by atomic mass is 10.0. The van der Waals surface area contributed by atoms with Gasteiger partial charge in [-0.05, 0) is 40.2 Å². The van der Waals surface area contributed by atoms with Gasteiger partial charge in [0.1, 0.15) is 0 Å². The van der Waals surface area contributed by atoms with Crippen molar-refractivity contribution in [1.29, 1.82) is 0 Å². The fourth-order valence-corrected chi connectivity index (χ4v) is 1.86. The molecule has 1 fully saturated rings. The molecule has 0 amide bonds. The van der Waals surface area contributed by atoms with E-state index in [1.165, 1.54) is 19.3 Å². The summed E-state index contributed by atoms with van der Waals surface area (Å²) >= 11 is 0. The van der Waals surface area contributed by atoms with Crippen LogP contribution < -0.4 is 0 Å². The van der Waals surface area contributed by atoms with E-state index in [-0.39, 0.29) is 0 Å². The van der Waals surface area contributed by atoms with Gasteiger partial charge in [0.2, 0.25) is 0 Å². The fourth-order valence-electron chi connectivity index (χ4n) is 1.86. The molecule has 0 bridgehead atoms. The molecule has 0 saturated carbocycles. The van der Waals surface area contributed by atoms with Gasteiger partial charge in [0.25, 0.3) is 0 Å². The average Bonchev–Trinajstić information content (AvgIpc) is 2.10. The average molecular weight is 141 g/mol. The maximum atomic E-state index is 2.52. The molecule has 0 spiro atoms. The highest BCUT2D eigenvalue weighted by Gasteiger charge is 2.34. The van der Waals surface area contributed by atoms with Crippen LogP contribution in [0.5, 0.6) is 0 Å². The SMILES string of the molecule is CC[C@@H]1CCC(C)(C)N1C. The van der Waals surface area contributed by atoms with Gasteiger partial charge in [-0.15, -0.1) is 0 Å². The highest BCUT2D eigenvalue weighted by molar-refractivity contribution is 4.91. The van der Waals surface area contributed by atoms with Crippen LogP contribution in [-0.4, -0.2) is 23.5 Å². The van der Waals surface area contributed by atoms with Crippen LogP contribution in [0.1, 0.15) is 40.0 Å². The minimum atomic E-state index is 0.459. The van der Waals surface area contributed by atoms with Gasteiger partial charge in [0.05, 0.1) is 0 Å². The van der Waals surface area contributed by atoms with Crippen LogP contribution >= 0.6 is 0 Å². The molecular weight excluding hydrogens is 122 g/mol. The van der Waals surface area contributed by atoms with Crippen LogP contribution in [0.25, 0.3) is 0 Å². The second-order valence-electron chi connectivity index (χ2n) is 4.02. The quantitative estimate of drug-likeness (QED) is 0.541. The summed E-state index contributed by atoms with van der Waals surface area (Å²) in [6.45, 7) is 6.95. The molecule has 0 aromatic heterocycles. The zero-order valence-corrected chi connectivity index (χ0v) is 7.65. The van der Waals surface area contributed by atoms with Crippen molar-refractivity contribution in [1.82, 2.24) is 4.90 Å². The molecule has 1 aliphatic heterocycles. The third kappa shape index (κ3) is 1.20. The number of likely N-dealkylation sites (tertiary alicyclic amines) is 1. The van der Waals surface area contributed by atoms with Gasteiger partial charge < -0.3 is 0 Å². The molecule has 10 heavy (non-hydrogen) atoms. The molecular formula is C9H19N. The third-order valence-corrected chi connectivity index (χ3v) is 3.06. The summed E-state index contributed by atoms with van der Waals surface area (Å²) in [6, 6.07) is 0.843. The molecule has 0 radical (unpaired) electrons. The minimum Gasteiger partial charge on any atom is -0.298 e. The summed E-state index contributed by atoms with van der Waals surface area (Å²) in [7, 11) is 2.25. The first kappa shape index (κ1) is 8.06. The Morgan fingerprint density at radius 3 is 2.30 bits per heavy atom. The van der Waals surface area contributed by atoms with Gasteiger partial charge in [-0.3, -0.25) is 4.90 Å². The maximum absolute atomic E-state index is 2.52. The summed E-state index contributed by atoms with van der Waals surface area (Å²) < 4.78 is 0. The van der Waals surface area contributed by atoms with Crippen molar-refractivity contribution >= 4 is 0 Å². The smallest absolute Gasteiger partial charge is 0.0153 e. The van der Waals surface area contributed by atoms with Crippen molar-refractivity contribution in [2.75, 3.05) is 7.05 Å². The maximum Gasteiger partial charge on any atom is 0.0153 e. The summed E-state index contributed by atoms with van der Waals surface area (Å²) in [5.41, 5.74) is 0.459. The highest BCUT2D eigenvalue weighted by atomic mass is 15.2. The molecule has 1 atom stereocenters. The predicted molar refractivity (Wildman–Crippen MR) is 45.2 cm³/mol. The van der Waals surface area contributed by atoms with E-state index in [4.69, 9.17) is 0 Å². The minimum absolute atomic E-state index is 0.459. The molecule has 1 heterocycles. The molecule has 1 heteroatoms. The second-order valence-corrected chi connectivity index (χ2v) is 4.02. The van der Waals surface area contributed by atoms with Crippen molar-refractivity contribution < 1.29 is 0 Å². The Bertz CT molecular complexity index is 118. The Labute approximate surface area is 64.4 Å². The molecule has 1 nitrogen and oxygen atoms in total. The topological polar surface area (TPSA) is 3.24 Å². The van der Waals surface area contributed by atoms with Crippen molar-refractivity contribution in [3.05, 3.63) is 0 Å². The van der Waals surface area contributed by atoms with Crippen LogP contribution in [0, 0.1) is 0 Å². The molecule has 1 rings (SSSR count). The van der Waals surface area contributed by atoms with Gasteiger partial charge in [0, 0.05) is 11.6 Å². The van der Waals surface area contributed by atoms with E-state index >= 15 is 0 Å². The lowest BCUT2D eigenvalue weighted by Crippen LogP contribution is -2.39. The van der Waals surface area contributed by atoms with Gasteiger partial charge >= 0.3 is 0 Å². The second kappa shape index (κ2) is 2.54. The van der Waals surface area contributed by atoms with Gasteiger partial charge in [-0.2, -0.15) is 0 Å². The van der Waals surface area contributed by atoms with Crippen LogP contribution in [0.4, 0.5) is 0 Å². The Morgan fingerprint density at radius 2 is 2.10 bits per heavy atom. The molecule has 0 aliphatic carbocycles.